The lowest BCUT2D eigenvalue weighted by atomic mass is 10.0. The fourth-order valence-corrected chi connectivity index (χ4v) is 1.94. The van der Waals surface area contributed by atoms with Gasteiger partial charge in [0.15, 0.2) is 0 Å². The van der Waals surface area contributed by atoms with E-state index in [4.69, 9.17) is 16.1 Å². The van der Waals surface area contributed by atoms with Crippen LogP contribution in [0.1, 0.15) is 34.1 Å². The molecular formula is C10H21BClNO. The first-order chi connectivity index (χ1) is 6.50. The summed E-state index contributed by atoms with van der Waals surface area (Å²) in [7, 11) is 0. The Kier molecular flexibility index (Phi) is 7.33. The highest BCUT2D eigenvalue weighted by Gasteiger charge is 2.27. The highest BCUT2D eigenvalue weighted by Crippen LogP contribution is 2.12. The highest BCUT2D eigenvalue weighted by atomic mass is 35.5. The third-order valence-electron chi connectivity index (χ3n) is 2.00. The Balaban J connectivity index is 4.01. The van der Waals surface area contributed by atoms with Crippen LogP contribution in [0, 0.1) is 0 Å². The molecule has 0 heterocycles. The van der Waals surface area contributed by atoms with E-state index in [9.17, 15) is 0 Å². The Hall–Kier alpha value is 0.0149. The van der Waals surface area contributed by atoms with Gasteiger partial charge in [-0.1, -0.05) is 33.8 Å². The van der Waals surface area contributed by atoms with Crippen molar-refractivity contribution in [3.05, 3.63) is 12.7 Å². The van der Waals surface area contributed by atoms with Crippen molar-refractivity contribution < 1.29 is 4.65 Å². The van der Waals surface area contributed by atoms with Crippen LogP contribution >= 0.6 is 11.5 Å². The van der Waals surface area contributed by atoms with Gasteiger partial charge < -0.3 is 4.65 Å². The standard InChI is InChI=1S/C10H21BClNO/c1-6-7-8-14-11(12)13(9(2)3)10(4)5/h6,9-10H,1,7-8H2,2-5H3. The van der Waals surface area contributed by atoms with Gasteiger partial charge in [0.1, 0.15) is 0 Å². The molecule has 0 atom stereocenters. The Bertz CT molecular complexity index is 156. The molecule has 0 radical (unpaired) electrons. The number of rotatable bonds is 7. The molecule has 0 saturated heterocycles. The van der Waals surface area contributed by atoms with Gasteiger partial charge in [0, 0.05) is 6.61 Å². The van der Waals surface area contributed by atoms with Crippen molar-refractivity contribution in [3.8, 4) is 0 Å². The number of hydrogen-bond acceptors (Lipinski definition) is 2. The second-order valence-corrected chi connectivity index (χ2v) is 4.25. The topological polar surface area (TPSA) is 12.5 Å². The molecule has 0 fully saturated rings. The van der Waals surface area contributed by atoms with Gasteiger partial charge in [-0.2, -0.15) is 0 Å². The van der Waals surface area contributed by atoms with E-state index in [-0.39, 0.29) is 6.47 Å². The van der Waals surface area contributed by atoms with Crippen molar-refractivity contribution in [3.63, 3.8) is 0 Å². The summed E-state index contributed by atoms with van der Waals surface area (Å²) < 4.78 is 5.49. The molecule has 0 aromatic rings. The van der Waals surface area contributed by atoms with E-state index in [2.05, 4.69) is 39.1 Å². The Morgan fingerprint density at radius 3 is 2.21 bits per heavy atom. The van der Waals surface area contributed by atoms with Crippen LogP contribution in [0.4, 0.5) is 0 Å². The minimum Gasteiger partial charge on any atom is -0.408 e. The maximum absolute atomic E-state index is 6.14. The molecule has 0 unspecified atom stereocenters. The van der Waals surface area contributed by atoms with Crippen molar-refractivity contribution >= 4 is 17.9 Å². The predicted molar refractivity (Wildman–Crippen MR) is 64.5 cm³/mol. The largest absolute Gasteiger partial charge is 0.494 e. The smallest absolute Gasteiger partial charge is 0.408 e. The van der Waals surface area contributed by atoms with Crippen LogP contribution in [0.25, 0.3) is 0 Å². The second-order valence-electron chi connectivity index (χ2n) is 3.87. The molecule has 0 N–H and O–H groups in total. The molecule has 0 rings (SSSR count). The Morgan fingerprint density at radius 1 is 1.36 bits per heavy atom. The van der Waals surface area contributed by atoms with E-state index in [1.165, 1.54) is 0 Å². The van der Waals surface area contributed by atoms with Crippen LogP contribution in [0.3, 0.4) is 0 Å². The SMILES string of the molecule is C=CCCOB(Cl)N(C(C)C)C(C)C. The summed E-state index contributed by atoms with van der Waals surface area (Å²) in [4.78, 5) is 2.13. The first kappa shape index (κ1) is 14.0. The predicted octanol–water partition coefficient (Wildman–Crippen LogP) is 2.92. The normalized spacial score (nSPS) is 11.4. The third-order valence-corrected chi connectivity index (χ3v) is 2.36. The van der Waals surface area contributed by atoms with Crippen LogP contribution in [0.2, 0.25) is 0 Å². The zero-order valence-electron chi connectivity index (χ0n) is 9.66. The zero-order chi connectivity index (χ0) is 11.1. The van der Waals surface area contributed by atoms with Crippen molar-refractivity contribution in [2.45, 2.75) is 46.2 Å². The van der Waals surface area contributed by atoms with Crippen LogP contribution in [-0.2, 0) is 4.65 Å². The van der Waals surface area contributed by atoms with Crippen molar-refractivity contribution in [2.75, 3.05) is 6.61 Å². The molecule has 0 bridgehead atoms. The van der Waals surface area contributed by atoms with E-state index in [1.54, 1.807) is 0 Å². The molecule has 4 heteroatoms. The molecule has 0 aromatic carbocycles. The first-order valence-electron chi connectivity index (χ1n) is 5.14. The molecule has 0 aliphatic heterocycles. The van der Waals surface area contributed by atoms with Gasteiger partial charge in [0.05, 0.1) is 0 Å². The summed E-state index contributed by atoms with van der Waals surface area (Å²) in [6, 6.07) is 0.780. The average molecular weight is 218 g/mol. The van der Waals surface area contributed by atoms with Crippen LogP contribution in [0.15, 0.2) is 12.7 Å². The lowest BCUT2D eigenvalue weighted by Gasteiger charge is -2.32. The van der Waals surface area contributed by atoms with Crippen LogP contribution in [0.5, 0.6) is 0 Å². The van der Waals surface area contributed by atoms with Crippen molar-refractivity contribution in [1.29, 1.82) is 0 Å². The van der Waals surface area contributed by atoms with E-state index < -0.39 is 0 Å². The molecule has 14 heavy (non-hydrogen) atoms. The van der Waals surface area contributed by atoms with Gasteiger partial charge in [0.25, 0.3) is 0 Å². The molecule has 0 saturated carbocycles. The second kappa shape index (κ2) is 7.33. The van der Waals surface area contributed by atoms with E-state index in [1.807, 2.05) is 6.08 Å². The third kappa shape index (κ3) is 5.04. The maximum atomic E-state index is 6.14. The van der Waals surface area contributed by atoms with E-state index in [0.29, 0.717) is 18.7 Å². The fraction of sp³-hybridized carbons (Fsp3) is 0.800. The lowest BCUT2D eigenvalue weighted by Crippen LogP contribution is -2.47. The molecule has 0 spiro atoms. The average Bonchev–Trinajstić information content (AvgIpc) is 2.03. The molecule has 0 aliphatic carbocycles. The molecule has 0 aromatic heterocycles. The van der Waals surface area contributed by atoms with Gasteiger partial charge in [0.2, 0.25) is 0 Å². The minimum atomic E-state index is -0.338. The first-order valence-corrected chi connectivity index (χ1v) is 5.58. The summed E-state index contributed by atoms with van der Waals surface area (Å²) in [5, 5.41) is 0. The van der Waals surface area contributed by atoms with Gasteiger partial charge in [-0.05, 0) is 18.5 Å². The number of nitrogens with zero attached hydrogens (tertiary/aromatic N) is 1. The summed E-state index contributed by atoms with van der Waals surface area (Å²) in [6.07, 6.45) is 2.67. The highest BCUT2D eigenvalue weighted by molar-refractivity contribution is 7.01. The fourth-order valence-electron chi connectivity index (χ4n) is 1.40. The van der Waals surface area contributed by atoms with Crippen LogP contribution < -0.4 is 0 Å². The van der Waals surface area contributed by atoms with Crippen LogP contribution in [-0.4, -0.2) is 30.0 Å². The van der Waals surface area contributed by atoms with Gasteiger partial charge >= 0.3 is 6.47 Å². The monoisotopic (exact) mass is 217 g/mol. The lowest BCUT2D eigenvalue weighted by molar-refractivity contribution is 0.227. The van der Waals surface area contributed by atoms with E-state index in [0.717, 1.165) is 6.42 Å². The molecule has 2 nitrogen and oxygen atoms in total. The summed E-state index contributed by atoms with van der Waals surface area (Å²) in [5.74, 6) is 0. The quantitative estimate of drug-likeness (QED) is 0.369. The zero-order valence-corrected chi connectivity index (χ0v) is 10.4. The molecule has 0 amide bonds. The van der Waals surface area contributed by atoms with E-state index >= 15 is 0 Å². The summed E-state index contributed by atoms with van der Waals surface area (Å²) >= 11 is 6.14. The maximum Gasteiger partial charge on any atom is 0.494 e. The number of hydrogen-bond donors (Lipinski definition) is 0. The van der Waals surface area contributed by atoms with Gasteiger partial charge in [-0.3, -0.25) is 4.81 Å². The van der Waals surface area contributed by atoms with Gasteiger partial charge in [-0.25, -0.2) is 0 Å². The number of halogens is 1. The summed E-state index contributed by atoms with van der Waals surface area (Å²) in [6.45, 7) is 12.4. The molecule has 0 aliphatic rings. The van der Waals surface area contributed by atoms with Crippen molar-refractivity contribution in [2.24, 2.45) is 0 Å². The summed E-state index contributed by atoms with van der Waals surface area (Å²) in [5.41, 5.74) is 0. The van der Waals surface area contributed by atoms with Gasteiger partial charge in [-0.15, -0.1) is 18.0 Å². The minimum absolute atomic E-state index is 0.338. The Morgan fingerprint density at radius 2 is 1.86 bits per heavy atom. The molecule has 82 valence electrons. The molecular weight excluding hydrogens is 196 g/mol. The van der Waals surface area contributed by atoms with Crippen molar-refractivity contribution in [1.82, 2.24) is 4.81 Å². The Labute approximate surface area is 93.3 Å².